The Kier molecular flexibility index (Phi) is 3.50. The van der Waals surface area contributed by atoms with Gasteiger partial charge in [-0.15, -0.1) is 0 Å². The fourth-order valence-electron chi connectivity index (χ4n) is 1.96. The van der Waals surface area contributed by atoms with Crippen LogP contribution in [0.15, 0.2) is 18.2 Å². The van der Waals surface area contributed by atoms with E-state index in [0.29, 0.717) is 36.6 Å². The second kappa shape index (κ2) is 5.08. The molecule has 18 heavy (non-hydrogen) atoms. The van der Waals surface area contributed by atoms with Gasteiger partial charge in [-0.25, -0.2) is 4.79 Å². The molecule has 5 nitrogen and oxygen atoms in total. The lowest BCUT2D eigenvalue weighted by Gasteiger charge is -2.28. The van der Waals surface area contributed by atoms with Crippen LogP contribution in [-0.2, 0) is 4.74 Å². The van der Waals surface area contributed by atoms with Crippen LogP contribution in [0, 0.1) is 0 Å². The molecule has 1 amide bonds. The standard InChI is InChI=1S/C13H15NO4/c1-3-18-13(16)14-7-6-12(15)10-5-4-9(17-2)8-11(10)14/h4-5,8H,3,6-7H2,1-2H3. The van der Waals surface area contributed by atoms with Crippen LogP contribution in [0.5, 0.6) is 5.75 Å². The second-order valence-corrected chi connectivity index (χ2v) is 3.91. The number of hydrogen-bond acceptors (Lipinski definition) is 4. The van der Waals surface area contributed by atoms with Gasteiger partial charge in [0.1, 0.15) is 5.75 Å². The highest BCUT2D eigenvalue weighted by Gasteiger charge is 2.28. The van der Waals surface area contributed by atoms with Crippen molar-refractivity contribution in [3.8, 4) is 5.75 Å². The number of rotatable bonds is 2. The van der Waals surface area contributed by atoms with Gasteiger partial charge >= 0.3 is 6.09 Å². The van der Waals surface area contributed by atoms with Crippen molar-refractivity contribution >= 4 is 17.6 Å². The fourth-order valence-corrected chi connectivity index (χ4v) is 1.96. The van der Waals surface area contributed by atoms with E-state index in [1.54, 1.807) is 32.2 Å². The van der Waals surface area contributed by atoms with Gasteiger partial charge in [0.05, 0.1) is 19.4 Å². The van der Waals surface area contributed by atoms with E-state index >= 15 is 0 Å². The van der Waals surface area contributed by atoms with E-state index in [-0.39, 0.29) is 5.78 Å². The number of hydrogen-bond donors (Lipinski definition) is 0. The van der Waals surface area contributed by atoms with Crippen molar-refractivity contribution in [2.45, 2.75) is 13.3 Å². The molecule has 0 atom stereocenters. The van der Waals surface area contributed by atoms with Crippen LogP contribution in [0.3, 0.4) is 0 Å². The predicted molar refractivity (Wildman–Crippen MR) is 66.3 cm³/mol. The molecule has 1 heterocycles. The highest BCUT2D eigenvalue weighted by atomic mass is 16.6. The number of ether oxygens (including phenoxy) is 2. The fraction of sp³-hybridized carbons (Fsp3) is 0.385. The number of ketones is 1. The first kappa shape index (κ1) is 12.4. The molecule has 0 radical (unpaired) electrons. The van der Waals surface area contributed by atoms with Crippen molar-refractivity contribution in [1.29, 1.82) is 0 Å². The van der Waals surface area contributed by atoms with Gasteiger partial charge in [0.2, 0.25) is 0 Å². The monoisotopic (exact) mass is 249 g/mol. The highest BCUT2D eigenvalue weighted by molar-refractivity contribution is 6.07. The lowest BCUT2D eigenvalue weighted by molar-refractivity contribution is 0.0978. The zero-order valence-electron chi connectivity index (χ0n) is 10.4. The molecule has 0 saturated heterocycles. The molecule has 0 aromatic heterocycles. The molecule has 1 aliphatic heterocycles. The molecule has 0 N–H and O–H groups in total. The van der Waals surface area contributed by atoms with Crippen LogP contribution in [0.2, 0.25) is 0 Å². The summed E-state index contributed by atoms with van der Waals surface area (Å²) in [6.45, 7) is 2.40. The molecule has 1 aromatic carbocycles. The van der Waals surface area contributed by atoms with Crippen LogP contribution < -0.4 is 9.64 Å². The number of Topliss-reactive ketones (excluding diaryl/α,β-unsaturated/α-hetero) is 1. The van der Waals surface area contributed by atoms with E-state index in [1.165, 1.54) is 4.90 Å². The Morgan fingerprint density at radius 3 is 2.89 bits per heavy atom. The Bertz CT molecular complexity index is 484. The summed E-state index contributed by atoms with van der Waals surface area (Å²) in [5, 5.41) is 0. The third kappa shape index (κ3) is 2.16. The minimum Gasteiger partial charge on any atom is -0.497 e. The van der Waals surface area contributed by atoms with Crippen LogP contribution in [-0.4, -0.2) is 32.1 Å². The summed E-state index contributed by atoms with van der Waals surface area (Å²) in [6.07, 6.45) is -0.113. The number of fused-ring (bicyclic) bond motifs is 1. The number of nitrogens with zero attached hydrogens (tertiary/aromatic N) is 1. The maximum Gasteiger partial charge on any atom is 0.414 e. The van der Waals surface area contributed by atoms with Gasteiger partial charge in [0.25, 0.3) is 0 Å². The SMILES string of the molecule is CCOC(=O)N1CCC(=O)c2ccc(OC)cc21. The first-order valence-electron chi connectivity index (χ1n) is 5.83. The van der Waals surface area contributed by atoms with E-state index in [0.717, 1.165) is 0 Å². The molecular weight excluding hydrogens is 234 g/mol. The van der Waals surface area contributed by atoms with Crippen molar-refractivity contribution in [3.05, 3.63) is 23.8 Å². The van der Waals surface area contributed by atoms with Gasteiger partial charge in [-0.05, 0) is 19.1 Å². The Morgan fingerprint density at radius 1 is 1.44 bits per heavy atom. The van der Waals surface area contributed by atoms with Crippen LogP contribution >= 0.6 is 0 Å². The minimum absolute atomic E-state index is 0.0354. The maximum absolute atomic E-state index is 11.8. The molecule has 0 bridgehead atoms. The Balaban J connectivity index is 2.41. The smallest absolute Gasteiger partial charge is 0.414 e. The van der Waals surface area contributed by atoms with E-state index in [9.17, 15) is 9.59 Å². The summed E-state index contributed by atoms with van der Waals surface area (Å²) >= 11 is 0. The van der Waals surface area contributed by atoms with Gasteiger partial charge in [0.15, 0.2) is 5.78 Å². The van der Waals surface area contributed by atoms with Crippen molar-refractivity contribution < 1.29 is 19.1 Å². The zero-order valence-corrected chi connectivity index (χ0v) is 10.4. The quantitative estimate of drug-likeness (QED) is 0.806. The van der Waals surface area contributed by atoms with Crippen LogP contribution in [0.4, 0.5) is 10.5 Å². The van der Waals surface area contributed by atoms with Crippen molar-refractivity contribution in [2.24, 2.45) is 0 Å². The molecule has 0 saturated carbocycles. The molecule has 2 rings (SSSR count). The lowest BCUT2D eigenvalue weighted by atomic mass is 10.0. The Morgan fingerprint density at radius 2 is 2.22 bits per heavy atom. The molecule has 5 heteroatoms. The second-order valence-electron chi connectivity index (χ2n) is 3.91. The molecule has 1 aliphatic rings. The summed E-state index contributed by atoms with van der Waals surface area (Å²) < 4.78 is 10.1. The van der Waals surface area contributed by atoms with E-state index in [2.05, 4.69) is 0 Å². The molecular formula is C13H15NO4. The largest absolute Gasteiger partial charge is 0.497 e. The summed E-state index contributed by atoms with van der Waals surface area (Å²) in [5.74, 6) is 0.644. The normalized spacial score (nSPS) is 14.1. The number of benzene rings is 1. The molecule has 0 spiro atoms. The summed E-state index contributed by atoms with van der Waals surface area (Å²) in [7, 11) is 1.54. The van der Waals surface area contributed by atoms with E-state index in [4.69, 9.17) is 9.47 Å². The van der Waals surface area contributed by atoms with Crippen molar-refractivity contribution in [2.75, 3.05) is 25.2 Å². The molecule has 1 aromatic rings. The third-order valence-electron chi connectivity index (χ3n) is 2.85. The Hall–Kier alpha value is -2.04. The van der Waals surface area contributed by atoms with Gasteiger partial charge in [-0.3, -0.25) is 9.69 Å². The number of amides is 1. The molecule has 0 unspecified atom stereocenters. The third-order valence-corrected chi connectivity index (χ3v) is 2.85. The molecule has 96 valence electrons. The summed E-state index contributed by atoms with van der Waals surface area (Å²) in [6, 6.07) is 5.08. The van der Waals surface area contributed by atoms with Crippen molar-refractivity contribution in [3.63, 3.8) is 0 Å². The summed E-state index contributed by atoms with van der Waals surface area (Å²) in [4.78, 5) is 25.1. The van der Waals surface area contributed by atoms with Gasteiger partial charge in [-0.1, -0.05) is 0 Å². The number of anilines is 1. The average Bonchev–Trinajstić information content (AvgIpc) is 2.39. The Labute approximate surface area is 105 Å². The van der Waals surface area contributed by atoms with Gasteiger partial charge < -0.3 is 9.47 Å². The highest BCUT2D eigenvalue weighted by Crippen LogP contribution is 2.31. The average molecular weight is 249 g/mol. The topological polar surface area (TPSA) is 55.8 Å². The molecule has 0 aliphatic carbocycles. The first-order valence-corrected chi connectivity index (χ1v) is 5.83. The molecule has 0 fully saturated rings. The number of carbonyl (C=O) groups excluding carboxylic acids is 2. The van der Waals surface area contributed by atoms with Crippen molar-refractivity contribution in [1.82, 2.24) is 0 Å². The predicted octanol–water partition coefficient (Wildman–Crippen LogP) is 2.24. The first-order chi connectivity index (χ1) is 8.67. The van der Waals surface area contributed by atoms with Gasteiger partial charge in [0, 0.05) is 24.6 Å². The lowest BCUT2D eigenvalue weighted by Crippen LogP contribution is -2.37. The maximum atomic E-state index is 11.8. The minimum atomic E-state index is -0.431. The van der Waals surface area contributed by atoms with E-state index < -0.39 is 6.09 Å². The van der Waals surface area contributed by atoms with Gasteiger partial charge in [-0.2, -0.15) is 0 Å². The zero-order chi connectivity index (χ0) is 13.1. The number of methoxy groups -OCH3 is 1. The number of carbonyl (C=O) groups is 2. The van der Waals surface area contributed by atoms with Crippen LogP contribution in [0.25, 0.3) is 0 Å². The summed E-state index contributed by atoms with van der Waals surface area (Å²) in [5.41, 5.74) is 1.10. The van der Waals surface area contributed by atoms with E-state index in [1.807, 2.05) is 0 Å². The van der Waals surface area contributed by atoms with Crippen LogP contribution in [0.1, 0.15) is 23.7 Å².